The number of aromatic nitrogens is 1. The molecule has 0 spiro atoms. The molecular weight excluding hydrogens is 394 g/mol. The van der Waals surface area contributed by atoms with Crippen molar-refractivity contribution in [2.45, 2.75) is 0 Å². The summed E-state index contributed by atoms with van der Waals surface area (Å²) in [5.41, 5.74) is 6.62. The molecule has 0 aliphatic carbocycles. The van der Waals surface area contributed by atoms with Crippen molar-refractivity contribution in [2.75, 3.05) is 42.1 Å². The molecule has 27 heavy (non-hydrogen) atoms. The summed E-state index contributed by atoms with van der Waals surface area (Å²) >= 11 is 6.17. The van der Waals surface area contributed by atoms with E-state index >= 15 is 0 Å². The van der Waals surface area contributed by atoms with Gasteiger partial charge in [0.05, 0.1) is 10.7 Å². The maximum absolute atomic E-state index is 12.2. The van der Waals surface area contributed by atoms with Gasteiger partial charge in [-0.2, -0.15) is 9.29 Å². The third-order valence-electron chi connectivity index (χ3n) is 4.13. The van der Waals surface area contributed by atoms with E-state index in [-0.39, 0.29) is 11.7 Å². The molecule has 1 aromatic carbocycles. The maximum Gasteiger partial charge on any atom is 0.292 e. The molecule has 11 heteroatoms. The van der Waals surface area contributed by atoms with Crippen molar-refractivity contribution in [3.05, 3.63) is 47.2 Å². The second-order valence-corrected chi connectivity index (χ2v) is 8.07. The summed E-state index contributed by atoms with van der Waals surface area (Å²) in [5.74, 6) is -0.503. The molecule has 0 radical (unpaired) electrons. The third kappa shape index (κ3) is 4.24. The Labute approximate surface area is 161 Å². The van der Waals surface area contributed by atoms with E-state index in [1.54, 1.807) is 12.1 Å². The summed E-state index contributed by atoms with van der Waals surface area (Å²) < 4.78 is 29.9. The molecule has 2 aromatic rings. The van der Waals surface area contributed by atoms with Crippen molar-refractivity contribution in [3.8, 4) is 0 Å². The van der Waals surface area contributed by atoms with Crippen molar-refractivity contribution in [1.82, 2.24) is 9.29 Å². The molecule has 0 atom stereocenters. The minimum absolute atomic E-state index is 0.0391. The summed E-state index contributed by atoms with van der Waals surface area (Å²) in [6, 6.07) is 5.09. The first-order valence-electron chi connectivity index (χ1n) is 7.99. The second kappa shape index (κ2) is 7.59. The van der Waals surface area contributed by atoms with Gasteiger partial charge in [0.2, 0.25) is 10.0 Å². The first kappa shape index (κ1) is 19.2. The standard InChI is InChI=1S/C16H18ClN5O4S/c1-2-27(24,25)22-7-5-21(6-8-22)11-3-4-12(17)13(9-11)19-15(23)14-10-26-16(18)20-14/h2-4,9-10H,1,5-8H2,(H2,18,20)(H,19,23). The number of benzene rings is 1. The van der Waals surface area contributed by atoms with E-state index in [2.05, 4.69) is 16.9 Å². The van der Waals surface area contributed by atoms with E-state index in [1.807, 2.05) is 11.0 Å². The number of halogens is 1. The van der Waals surface area contributed by atoms with Crippen molar-refractivity contribution in [1.29, 1.82) is 0 Å². The van der Waals surface area contributed by atoms with Gasteiger partial charge in [0.25, 0.3) is 11.9 Å². The Hall–Kier alpha value is -2.56. The van der Waals surface area contributed by atoms with E-state index in [0.29, 0.717) is 36.9 Å². The summed E-state index contributed by atoms with van der Waals surface area (Å²) in [5, 5.41) is 3.98. The molecule has 144 valence electrons. The average molecular weight is 412 g/mol. The van der Waals surface area contributed by atoms with Crippen LogP contribution < -0.4 is 16.0 Å². The van der Waals surface area contributed by atoms with E-state index < -0.39 is 15.9 Å². The minimum Gasteiger partial charge on any atom is -0.431 e. The number of piperazine rings is 1. The lowest BCUT2D eigenvalue weighted by atomic mass is 10.2. The number of rotatable bonds is 5. The first-order chi connectivity index (χ1) is 12.8. The summed E-state index contributed by atoms with van der Waals surface area (Å²) in [4.78, 5) is 18.0. The van der Waals surface area contributed by atoms with Crippen LogP contribution in [0.4, 0.5) is 17.4 Å². The van der Waals surface area contributed by atoms with Crippen LogP contribution in [0.3, 0.4) is 0 Å². The van der Waals surface area contributed by atoms with Crippen LogP contribution in [-0.2, 0) is 10.0 Å². The zero-order valence-corrected chi connectivity index (χ0v) is 15.8. The van der Waals surface area contributed by atoms with Gasteiger partial charge in [0.1, 0.15) is 6.26 Å². The average Bonchev–Trinajstić information content (AvgIpc) is 3.10. The lowest BCUT2D eigenvalue weighted by molar-refractivity contribution is 0.102. The third-order valence-corrected chi connectivity index (χ3v) is 5.96. The second-order valence-electron chi connectivity index (χ2n) is 5.79. The van der Waals surface area contributed by atoms with Crippen molar-refractivity contribution < 1.29 is 17.6 Å². The van der Waals surface area contributed by atoms with Gasteiger partial charge in [0, 0.05) is 37.3 Å². The highest BCUT2D eigenvalue weighted by Crippen LogP contribution is 2.29. The van der Waals surface area contributed by atoms with Gasteiger partial charge in [0.15, 0.2) is 5.69 Å². The van der Waals surface area contributed by atoms with Crippen LogP contribution >= 0.6 is 11.6 Å². The van der Waals surface area contributed by atoms with Crippen LogP contribution in [0.25, 0.3) is 0 Å². The first-order valence-corrected chi connectivity index (χ1v) is 9.88. The smallest absolute Gasteiger partial charge is 0.292 e. The number of nitrogen functional groups attached to an aromatic ring is 1. The number of nitrogens with two attached hydrogens (primary N) is 1. The van der Waals surface area contributed by atoms with Crippen LogP contribution in [0.5, 0.6) is 0 Å². The lowest BCUT2D eigenvalue weighted by Gasteiger charge is -2.35. The molecule has 3 rings (SSSR count). The molecule has 1 fully saturated rings. The number of oxazole rings is 1. The van der Waals surface area contributed by atoms with Gasteiger partial charge in [-0.25, -0.2) is 8.42 Å². The van der Waals surface area contributed by atoms with Crippen LogP contribution in [0.15, 0.2) is 40.9 Å². The van der Waals surface area contributed by atoms with Crippen LogP contribution in [0, 0.1) is 0 Å². The summed E-state index contributed by atoms with van der Waals surface area (Å²) in [6.45, 7) is 5.03. The van der Waals surface area contributed by atoms with Crippen LogP contribution in [0.1, 0.15) is 10.5 Å². The number of nitrogens with one attached hydrogen (secondary N) is 1. The van der Waals surface area contributed by atoms with Crippen molar-refractivity contribution in [3.63, 3.8) is 0 Å². The fraction of sp³-hybridized carbons (Fsp3) is 0.250. The molecule has 3 N–H and O–H groups in total. The van der Waals surface area contributed by atoms with Gasteiger partial charge in [-0.3, -0.25) is 4.79 Å². The zero-order chi connectivity index (χ0) is 19.6. The molecule has 0 bridgehead atoms. The zero-order valence-electron chi connectivity index (χ0n) is 14.3. The predicted molar refractivity (Wildman–Crippen MR) is 103 cm³/mol. The van der Waals surface area contributed by atoms with E-state index in [9.17, 15) is 13.2 Å². The Bertz CT molecular complexity index is 967. The molecule has 1 saturated heterocycles. The SMILES string of the molecule is C=CS(=O)(=O)N1CCN(c2ccc(Cl)c(NC(=O)c3coc(N)n3)c2)CC1. The molecule has 1 amide bonds. The summed E-state index contributed by atoms with van der Waals surface area (Å²) in [6.07, 6.45) is 1.15. The van der Waals surface area contributed by atoms with E-state index in [4.69, 9.17) is 21.8 Å². The molecule has 2 heterocycles. The monoisotopic (exact) mass is 411 g/mol. The Balaban J connectivity index is 1.72. The molecule has 1 aliphatic heterocycles. The maximum atomic E-state index is 12.2. The minimum atomic E-state index is -3.42. The topological polar surface area (TPSA) is 122 Å². The Morgan fingerprint density at radius 1 is 1.33 bits per heavy atom. The highest BCUT2D eigenvalue weighted by Gasteiger charge is 2.25. The summed E-state index contributed by atoms with van der Waals surface area (Å²) in [7, 11) is -3.42. The normalized spacial score (nSPS) is 15.5. The predicted octanol–water partition coefficient (Wildman–Crippen LogP) is 1.76. The van der Waals surface area contributed by atoms with Crippen LogP contribution in [0.2, 0.25) is 5.02 Å². The molecule has 1 aromatic heterocycles. The fourth-order valence-electron chi connectivity index (χ4n) is 2.69. The van der Waals surface area contributed by atoms with E-state index in [1.165, 1.54) is 4.31 Å². The number of nitrogens with zero attached hydrogens (tertiary/aromatic N) is 3. The quantitative estimate of drug-likeness (QED) is 0.768. The molecule has 1 aliphatic rings. The molecule has 0 saturated carbocycles. The Morgan fingerprint density at radius 3 is 2.63 bits per heavy atom. The fourth-order valence-corrected chi connectivity index (χ4v) is 3.74. The molecule has 0 unspecified atom stereocenters. The largest absolute Gasteiger partial charge is 0.431 e. The van der Waals surface area contributed by atoms with Gasteiger partial charge in [-0.15, -0.1) is 0 Å². The van der Waals surface area contributed by atoms with Gasteiger partial charge >= 0.3 is 0 Å². The molecular formula is C16H18ClN5O4S. The number of amides is 1. The Morgan fingerprint density at radius 2 is 2.04 bits per heavy atom. The number of anilines is 3. The highest BCUT2D eigenvalue weighted by atomic mass is 35.5. The van der Waals surface area contributed by atoms with Crippen LogP contribution in [-0.4, -0.2) is 49.8 Å². The highest BCUT2D eigenvalue weighted by molar-refractivity contribution is 7.92. The number of carbonyl (C=O) groups is 1. The van der Waals surface area contributed by atoms with Gasteiger partial charge in [-0.05, 0) is 18.2 Å². The van der Waals surface area contributed by atoms with Gasteiger partial charge < -0.3 is 20.4 Å². The molecule has 9 nitrogen and oxygen atoms in total. The van der Waals surface area contributed by atoms with Crippen molar-refractivity contribution in [2.24, 2.45) is 0 Å². The lowest BCUT2D eigenvalue weighted by Crippen LogP contribution is -2.48. The number of hydrogen-bond acceptors (Lipinski definition) is 7. The number of sulfonamides is 1. The van der Waals surface area contributed by atoms with Gasteiger partial charge in [-0.1, -0.05) is 18.2 Å². The Kier molecular flexibility index (Phi) is 5.40. The number of carbonyl (C=O) groups excluding carboxylic acids is 1. The number of hydrogen-bond donors (Lipinski definition) is 2. The van der Waals surface area contributed by atoms with E-state index in [0.717, 1.165) is 17.4 Å². The van der Waals surface area contributed by atoms with Crippen molar-refractivity contribution >= 4 is 44.9 Å².